The highest BCUT2D eigenvalue weighted by molar-refractivity contribution is 6.32. The first-order chi connectivity index (χ1) is 9.22. The van der Waals surface area contributed by atoms with Crippen LogP contribution in [0.15, 0.2) is 30.6 Å². The van der Waals surface area contributed by atoms with Gasteiger partial charge in [-0.15, -0.1) is 0 Å². The molecule has 0 saturated heterocycles. The summed E-state index contributed by atoms with van der Waals surface area (Å²) in [5.41, 5.74) is 3.18. The zero-order valence-electron chi connectivity index (χ0n) is 10.9. The van der Waals surface area contributed by atoms with Gasteiger partial charge in [0.05, 0.1) is 6.04 Å². The van der Waals surface area contributed by atoms with E-state index in [1.807, 2.05) is 13.1 Å². The Morgan fingerprint density at radius 2 is 2.11 bits per heavy atom. The van der Waals surface area contributed by atoms with E-state index in [-0.39, 0.29) is 6.04 Å². The summed E-state index contributed by atoms with van der Waals surface area (Å²) < 4.78 is 0. The van der Waals surface area contributed by atoms with Gasteiger partial charge >= 0.3 is 0 Å². The summed E-state index contributed by atoms with van der Waals surface area (Å²) >= 11 is 6.24. The van der Waals surface area contributed by atoms with Crippen LogP contribution in [-0.2, 0) is 0 Å². The molecule has 0 radical (unpaired) electrons. The Morgan fingerprint density at radius 3 is 2.89 bits per heavy atom. The molecule has 1 atom stereocenters. The summed E-state index contributed by atoms with van der Waals surface area (Å²) in [6.07, 6.45) is 2.47. The molecular weight excluding hydrogens is 260 g/mol. The van der Waals surface area contributed by atoms with E-state index in [1.165, 1.54) is 11.9 Å². The van der Waals surface area contributed by atoms with Crippen LogP contribution in [0.1, 0.15) is 24.9 Å². The Labute approximate surface area is 117 Å². The van der Waals surface area contributed by atoms with Crippen molar-refractivity contribution in [2.24, 2.45) is 0 Å². The quantitative estimate of drug-likeness (QED) is 0.804. The Kier molecular flexibility index (Phi) is 3.03. The number of hydrogen-bond donors (Lipinski definition) is 1. The van der Waals surface area contributed by atoms with Gasteiger partial charge in [-0.25, -0.2) is 9.97 Å². The highest BCUT2D eigenvalue weighted by Crippen LogP contribution is 2.42. The third-order valence-electron chi connectivity index (χ3n) is 3.56. The summed E-state index contributed by atoms with van der Waals surface area (Å²) in [7, 11) is 2.03. The second-order valence-corrected chi connectivity index (χ2v) is 4.97. The lowest BCUT2D eigenvalue weighted by Gasteiger charge is -2.28. The Balaban J connectivity index is 2.23. The smallest absolute Gasteiger partial charge is 0.159 e. The van der Waals surface area contributed by atoms with Crippen molar-refractivity contribution in [3.05, 3.63) is 41.3 Å². The highest BCUT2D eigenvalue weighted by Gasteiger charge is 2.27. The maximum atomic E-state index is 6.24. The summed E-state index contributed by atoms with van der Waals surface area (Å²) in [5.74, 6) is 0.755. The van der Waals surface area contributed by atoms with Gasteiger partial charge in [0.15, 0.2) is 11.0 Å². The highest BCUT2D eigenvalue weighted by atomic mass is 35.5. The maximum absolute atomic E-state index is 6.24. The second kappa shape index (κ2) is 4.70. The lowest BCUT2D eigenvalue weighted by Crippen LogP contribution is -2.23. The van der Waals surface area contributed by atoms with Gasteiger partial charge in [-0.05, 0) is 18.1 Å². The SMILES string of the molecule is CCC1c2ccccc2Nc2ncnc(Cl)c2N1C. The number of benzene rings is 1. The number of rotatable bonds is 1. The molecule has 1 aromatic carbocycles. The number of nitrogens with zero attached hydrogens (tertiary/aromatic N) is 3. The van der Waals surface area contributed by atoms with Crippen molar-refractivity contribution >= 4 is 28.8 Å². The molecule has 19 heavy (non-hydrogen) atoms. The molecule has 1 aliphatic heterocycles. The van der Waals surface area contributed by atoms with E-state index in [1.54, 1.807) is 0 Å². The number of anilines is 3. The fourth-order valence-electron chi connectivity index (χ4n) is 2.65. The minimum absolute atomic E-state index is 0.258. The van der Waals surface area contributed by atoms with Crippen LogP contribution in [0.4, 0.5) is 17.2 Å². The molecule has 1 N–H and O–H groups in total. The maximum Gasteiger partial charge on any atom is 0.159 e. The van der Waals surface area contributed by atoms with Gasteiger partial charge in [0, 0.05) is 12.7 Å². The summed E-state index contributed by atoms with van der Waals surface area (Å²) in [4.78, 5) is 10.5. The van der Waals surface area contributed by atoms with Crippen molar-refractivity contribution in [3.63, 3.8) is 0 Å². The van der Waals surface area contributed by atoms with Crippen LogP contribution >= 0.6 is 11.6 Å². The van der Waals surface area contributed by atoms with Crippen LogP contribution in [0.25, 0.3) is 0 Å². The van der Waals surface area contributed by atoms with Crippen molar-refractivity contribution in [1.29, 1.82) is 0 Å². The molecule has 3 rings (SSSR count). The van der Waals surface area contributed by atoms with E-state index >= 15 is 0 Å². The summed E-state index contributed by atoms with van der Waals surface area (Å²) in [6.45, 7) is 2.17. The van der Waals surface area contributed by atoms with Crippen molar-refractivity contribution in [3.8, 4) is 0 Å². The molecule has 0 spiro atoms. The second-order valence-electron chi connectivity index (χ2n) is 4.61. The van der Waals surface area contributed by atoms with Gasteiger partial charge < -0.3 is 10.2 Å². The third-order valence-corrected chi connectivity index (χ3v) is 3.83. The van der Waals surface area contributed by atoms with E-state index in [4.69, 9.17) is 11.6 Å². The predicted octanol–water partition coefficient (Wildman–Crippen LogP) is 3.77. The van der Waals surface area contributed by atoms with Crippen molar-refractivity contribution in [1.82, 2.24) is 9.97 Å². The average Bonchev–Trinajstić information content (AvgIpc) is 2.53. The van der Waals surface area contributed by atoms with Crippen LogP contribution in [0.3, 0.4) is 0 Å². The molecule has 5 heteroatoms. The van der Waals surface area contributed by atoms with Gasteiger partial charge in [-0.2, -0.15) is 0 Å². The first-order valence-corrected chi connectivity index (χ1v) is 6.69. The normalized spacial score (nSPS) is 17.2. The standard InChI is InChI=1S/C14H15ClN4/c1-3-11-9-6-4-5-7-10(9)18-14-12(19(11)2)13(15)16-8-17-14/h4-8,11H,3H2,1-2H3,(H,16,17,18). The lowest BCUT2D eigenvalue weighted by molar-refractivity contribution is 0.652. The predicted molar refractivity (Wildman–Crippen MR) is 78.2 cm³/mol. The van der Waals surface area contributed by atoms with Crippen molar-refractivity contribution in [2.45, 2.75) is 19.4 Å². The molecule has 0 bridgehead atoms. The number of para-hydroxylation sites is 1. The molecule has 2 aromatic rings. The van der Waals surface area contributed by atoms with Crippen LogP contribution in [0.2, 0.25) is 5.15 Å². The van der Waals surface area contributed by atoms with E-state index in [2.05, 4.69) is 45.3 Å². The topological polar surface area (TPSA) is 41.1 Å². The van der Waals surface area contributed by atoms with E-state index < -0.39 is 0 Å². The van der Waals surface area contributed by atoms with Crippen LogP contribution < -0.4 is 10.2 Å². The average molecular weight is 275 g/mol. The molecule has 0 fully saturated rings. The summed E-state index contributed by atoms with van der Waals surface area (Å²) in [5, 5.41) is 3.84. The van der Waals surface area contributed by atoms with Crippen molar-refractivity contribution in [2.75, 3.05) is 17.3 Å². The Bertz CT molecular complexity index is 614. The lowest BCUT2D eigenvalue weighted by atomic mass is 10.0. The largest absolute Gasteiger partial charge is 0.362 e. The minimum atomic E-state index is 0.258. The molecule has 0 saturated carbocycles. The van der Waals surface area contributed by atoms with Gasteiger partial charge in [-0.3, -0.25) is 0 Å². The molecule has 2 heterocycles. The number of fused-ring (bicyclic) bond motifs is 2. The van der Waals surface area contributed by atoms with Crippen LogP contribution in [0.5, 0.6) is 0 Å². The zero-order valence-corrected chi connectivity index (χ0v) is 11.6. The Hall–Kier alpha value is -1.81. The molecule has 1 aliphatic rings. The molecule has 1 unspecified atom stereocenters. The third kappa shape index (κ3) is 1.92. The van der Waals surface area contributed by atoms with Crippen molar-refractivity contribution < 1.29 is 0 Å². The van der Waals surface area contributed by atoms with Gasteiger partial charge in [0.1, 0.15) is 12.0 Å². The fraction of sp³-hybridized carbons (Fsp3) is 0.286. The van der Waals surface area contributed by atoms with Crippen LogP contribution in [-0.4, -0.2) is 17.0 Å². The van der Waals surface area contributed by atoms with E-state index in [0.717, 1.165) is 23.6 Å². The minimum Gasteiger partial charge on any atom is -0.362 e. The first kappa shape index (κ1) is 12.2. The Morgan fingerprint density at radius 1 is 1.32 bits per heavy atom. The van der Waals surface area contributed by atoms with Gasteiger partial charge in [0.2, 0.25) is 0 Å². The monoisotopic (exact) mass is 274 g/mol. The fourth-order valence-corrected chi connectivity index (χ4v) is 2.91. The number of aromatic nitrogens is 2. The van der Waals surface area contributed by atoms with Gasteiger partial charge in [-0.1, -0.05) is 36.7 Å². The molecule has 4 nitrogen and oxygen atoms in total. The van der Waals surface area contributed by atoms with E-state index in [9.17, 15) is 0 Å². The zero-order chi connectivity index (χ0) is 13.4. The molecular formula is C14H15ClN4. The number of hydrogen-bond acceptors (Lipinski definition) is 4. The molecule has 98 valence electrons. The number of halogens is 1. The first-order valence-electron chi connectivity index (χ1n) is 6.31. The summed E-state index contributed by atoms with van der Waals surface area (Å²) in [6, 6.07) is 8.54. The van der Waals surface area contributed by atoms with Gasteiger partial charge in [0.25, 0.3) is 0 Å². The van der Waals surface area contributed by atoms with E-state index in [0.29, 0.717) is 5.15 Å². The molecule has 0 aliphatic carbocycles. The number of nitrogens with one attached hydrogen (secondary N) is 1. The molecule has 0 amide bonds. The molecule has 1 aromatic heterocycles. The van der Waals surface area contributed by atoms with Crippen LogP contribution in [0, 0.1) is 0 Å².